The molecule has 0 bridgehead atoms. The summed E-state index contributed by atoms with van der Waals surface area (Å²) in [7, 11) is -3.13. The van der Waals surface area contributed by atoms with Crippen LogP contribution in [0.2, 0.25) is 0 Å². The van der Waals surface area contributed by atoms with Gasteiger partial charge in [0.15, 0.2) is 0 Å². The Morgan fingerprint density at radius 1 is 1.41 bits per heavy atom. The Morgan fingerprint density at radius 2 is 2.24 bits per heavy atom. The van der Waals surface area contributed by atoms with E-state index in [1.165, 1.54) is 12.8 Å². The van der Waals surface area contributed by atoms with Gasteiger partial charge in [-0.05, 0) is 32.7 Å². The Morgan fingerprint density at radius 3 is 2.88 bits per heavy atom. The van der Waals surface area contributed by atoms with E-state index >= 15 is 0 Å². The SMILES string of the molecule is CCOCCNS(=O)(=O)CCC1CCCCN1. The molecule has 0 amide bonds. The molecule has 1 aliphatic heterocycles. The molecule has 0 saturated carbocycles. The van der Waals surface area contributed by atoms with Crippen LogP contribution in [0.5, 0.6) is 0 Å². The molecule has 102 valence electrons. The molecule has 0 aromatic rings. The highest BCUT2D eigenvalue weighted by Crippen LogP contribution is 2.10. The Labute approximate surface area is 104 Å². The molecular weight excluding hydrogens is 240 g/mol. The van der Waals surface area contributed by atoms with Crippen LogP contribution in [0.3, 0.4) is 0 Å². The van der Waals surface area contributed by atoms with Crippen molar-refractivity contribution < 1.29 is 13.2 Å². The van der Waals surface area contributed by atoms with Crippen molar-refractivity contribution in [2.24, 2.45) is 0 Å². The third kappa shape index (κ3) is 6.98. The summed E-state index contributed by atoms with van der Waals surface area (Å²) in [6, 6.07) is 0.368. The molecule has 1 rings (SSSR count). The van der Waals surface area contributed by atoms with E-state index in [2.05, 4.69) is 10.0 Å². The molecule has 0 aromatic carbocycles. The van der Waals surface area contributed by atoms with Gasteiger partial charge in [0.05, 0.1) is 12.4 Å². The summed E-state index contributed by atoms with van der Waals surface area (Å²) in [5.74, 6) is 0.205. The number of nitrogens with one attached hydrogen (secondary N) is 2. The van der Waals surface area contributed by atoms with Crippen LogP contribution in [0.4, 0.5) is 0 Å². The summed E-state index contributed by atoms with van der Waals surface area (Å²) in [6.07, 6.45) is 4.20. The van der Waals surface area contributed by atoms with Crippen LogP contribution >= 0.6 is 0 Å². The van der Waals surface area contributed by atoms with Crippen LogP contribution in [0.15, 0.2) is 0 Å². The lowest BCUT2D eigenvalue weighted by molar-refractivity contribution is 0.153. The van der Waals surface area contributed by atoms with Crippen molar-refractivity contribution in [1.29, 1.82) is 0 Å². The van der Waals surface area contributed by atoms with Crippen LogP contribution in [0.25, 0.3) is 0 Å². The average Bonchev–Trinajstić information content (AvgIpc) is 2.34. The minimum absolute atomic E-state index is 0.205. The van der Waals surface area contributed by atoms with Gasteiger partial charge in [-0.2, -0.15) is 0 Å². The summed E-state index contributed by atoms with van der Waals surface area (Å²) >= 11 is 0. The van der Waals surface area contributed by atoms with Crippen LogP contribution in [-0.2, 0) is 14.8 Å². The van der Waals surface area contributed by atoms with Crippen LogP contribution in [0, 0.1) is 0 Å². The van der Waals surface area contributed by atoms with E-state index in [9.17, 15) is 8.42 Å². The van der Waals surface area contributed by atoms with Gasteiger partial charge in [-0.25, -0.2) is 13.1 Å². The Bertz CT molecular complexity index is 287. The first-order chi connectivity index (χ1) is 8.14. The fourth-order valence-corrected chi connectivity index (χ4v) is 3.09. The second kappa shape index (κ2) is 8.02. The van der Waals surface area contributed by atoms with Crippen molar-refractivity contribution in [2.75, 3.05) is 32.1 Å². The van der Waals surface area contributed by atoms with E-state index in [1.54, 1.807) is 0 Å². The number of ether oxygens (including phenoxy) is 1. The van der Waals surface area contributed by atoms with Crippen molar-refractivity contribution >= 4 is 10.0 Å². The topological polar surface area (TPSA) is 67.4 Å². The van der Waals surface area contributed by atoms with E-state index in [1.807, 2.05) is 6.92 Å². The molecule has 17 heavy (non-hydrogen) atoms. The quantitative estimate of drug-likeness (QED) is 0.626. The zero-order valence-electron chi connectivity index (χ0n) is 10.6. The minimum Gasteiger partial charge on any atom is -0.380 e. The molecule has 1 heterocycles. The first kappa shape index (κ1) is 14.9. The maximum absolute atomic E-state index is 11.6. The molecular formula is C11H24N2O3S. The van der Waals surface area contributed by atoms with Gasteiger partial charge in [-0.3, -0.25) is 0 Å². The van der Waals surface area contributed by atoms with Gasteiger partial charge in [0.2, 0.25) is 10.0 Å². The van der Waals surface area contributed by atoms with Crippen molar-refractivity contribution in [2.45, 2.75) is 38.6 Å². The number of piperidine rings is 1. The summed E-state index contributed by atoms with van der Waals surface area (Å²) in [4.78, 5) is 0. The zero-order valence-corrected chi connectivity index (χ0v) is 11.4. The lowest BCUT2D eigenvalue weighted by Gasteiger charge is -2.23. The van der Waals surface area contributed by atoms with Gasteiger partial charge >= 0.3 is 0 Å². The highest BCUT2D eigenvalue weighted by Gasteiger charge is 2.16. The summed E-state index contributed by atoms with van der Waals surface area (Å²) in [6.45, 7) is 4.34. The third-order valence-electron chi connectivity index (χ3n) is 2.92. The fraction of sp³-hybridized carbons (Fsp3) is 1.00. The number of hydrogen-bond acceptors (Lipinski definition) is 4. The molecule has 0 aliphatic carbocycles. The second-order valence-electron chi connectivity index (χ2n) is 4.35. The molecule has 1 saturated heterocycles. The highest BCUT2D eigenvalue weighted by molar-refractivity contribution is 7.89. The summed E-state index contributed by atoms with van der Waals surface area (Å²) in [5.41, 5.74) is 0. The first-order valence-electron chi connectivity index (χ1n) is 6.42. The fourth-order valence-electron chi connectivity index (χ4n) is 1.95. The van der Waals surface area contributed by atoms with Gasteiger partial charge in [-0.15, -0.1) is 0 Å². The van der Waals surface area contributed by atoms with Gasteiger partial charge in [-0.1, -0.05) is 6.42 Å². The molecule has 2 N–H and O–H groups in total. The van der Waals surface area contributed by atoms with Crippen molar-refractivity contribution in [3.8, 4) is 0 Å². The lowest BCUT2D eigenvalue weighted by atomic mass is 10.0. The van der Waals surface area contributed by atoms with Gasteiger partial charge in [0, 0.05) is 19.2 Å². The van der Waals surface area contributed by atoms with E-state index in [4.69, 9.17) is 4.74 Å². The Balaban J connectivity index is 2.14. The van der Waals surface area contributed by atoms with Crippen LogP contribution in [0.1, 0.15) is 32.6 Å². The lowest BCUT2D eigenvalue weighted by Crippen LogP contribution is -2.37. The predicted molar refractivity (Wildman–Crippen MR) is 68.5 cm³/mol. The van der Waals surface area contributed by atoms with E-state index in [0.717, 1.165) is 13.0 Å². The van der Waals surface area contributed by atoms with Crippen LogP contribution in [-0.4, -0.2) is 46.5 Å². The number of sulfonamides is 1. The van der Waals surface area contributed by atoms with Crippen LogP contribution < -0.4 is 10.0 Å². The molecule has 1 atom stereocenters. The molecule has 0 radical (unpaired) electrons. The van der Waals surface area contributed by atoms with Crippen molar-refractivity contribution in [1.82, 2.24) is 10.0 Å². The molecule has 0 aromatic heterocycles. The zero-order chi connectivity index (χ0) is 12.6. The average molecular weight is 264 g/mol. The first-order valence-corrected chi connectivity index (χ1v) is 8.08. The van der Waals surface area contributed by atoms with E-state index in [0.29, 0.717) is 32.2 Å². The normalized spacial score (nSPS) is 21.6. The van der Waals surface area contributed by atoms with Gasteiger partial charge in [0.1, 0.15) is 0 Å². The smallest absolute Gasteiger partial charge is 0.211 e. The second-order valence-corrected chi connectivity index (χ2v) is 6.27. The maximum Gasteiger partial charge on any atom is 0.211 e. The summed E-state index contributed by atoms with van der Waals surface area (Å²) < 4.78 is 30.9. The Kier molecular flexibility index (Phi) is 7.03. The monoisotopic (exact) mass is 264 g/mol. The van der Waals surface area contributed by atoms with Crippen molar-refractivity contribution in [3.63, 3.8) is 0 Å². The number of hydrogen-bond donors (Lipinski definition) is 2. The minimum atomic E-state index is -3.13. The molecule has 1 fully saturated rings. The van der Waals surface area contributed by atoms with Gasteiger partial charge < -0.3 is 10.1 Å². The standard InChI is InChI=1S/C11H24N2O3S/c1-2-16-9-8-13-17(14,15)10-6-11-5-3-4-7-12-11/h11-13H,2-10H2,1H3. The molecule has 5 nitrogen and oxygen atoms in total. The molecule has 6 heteroatoms. The number of rotatable bonds is 8. The Hall–Kier alpha value is -0.170. The highest BCUT2D eigenvalue weighted by atomic mass is 32.2. The summed E-state index contributed by atoms with van der Waals surface area (Å²) in [5, 5.41) is 3.35. The molecule has 1 unspecified atom stereocenters. The largest absolute Gasteiger partial charge is 0.380 e. The molecule has 0 spiro atoms. The molecule has 1 aliphatic rings. The van der Waals surface area contributed by atoms with E-state index < -0.39 is 10.0 Å². The van der Waals surface area contributed by atoms with E-state index in [-0.39, 0.29) is 5.75 Å². The maximum atomic E-state index is 11.6. The van der Waals surface area contributed by atoms with Gasteiger partial charge in [0.25, 0.3) is 0 Å². The van der Waals surface area contributed by atoms with Crippen molar-refractivity contribution in [3.05, 3.63) is 0 Å². The third-order valence-corrected chi connectivity index (χ3v) is 4.34. The predicted octanol–water partition coefficient (Wildman–Crippen LogP) is 0.475.